The van der Waals surface area contributed by atoms with Gasteiger partial charge in [-0.2, -0.15) is 4.72 Å². The topological polar surface area (TPSA) is 139 Å². The summed E-state index contributed by atoms with van der Waals surface area (Å²) < 4.78 is 63.9. The third-order valence-electron chi connectivity index (χ3n) is 4.20. The van der Waals surface area contributed by atoms with E-state index in [9.17, 15) is 30.8 Å². The molecular weight excluding hydrogens is 449 g/mol. The minimum atomic E-state index is -4.35. The first-order chi connectivity index (χ1) is 14.3. The van der Waals surface area contributed by atoms with E-state index < -0.39 is 54.3 Å². The Morgan fingerprint density at radius 3 is 2.00 bits per heavy atom. The van der Waals surface area contributed by atoms with E-state index in [2.05, 4.69) is 15.6 Å². The van der Waals surface area contributed by atoms with Gasteiger partial charge in [0.1, 0.15) is 16.8 Å². The number of sulfone groups is 1. The van der Waals surface area contributed by atoms with Gasteiger partial charge in [-0.15, -0.1) is 0 Å². The summed E-state index contributed by atoms with van der Waals surface area (Å²) >= 11 is 0. The number of hydrogen-bond acceptors (Lipinski definition) is 6. The van der Waals surface area contributed by atoms with Crippen LogP contribution in [0.3, 0.4) is 0 Å². The van der Waals surface area contributed by atoms with Crippen molar-refractivity contribution in [2.45, 2.75) is 29.7 Å². The van der Waals surface area contributed by atoms with E-state index >= 15 is 0 Å². The number of hydrogen-bond donors (Lipinski definition) is 3. The molecule has 2 aromatic rings. The van der Waals surface area contributed by atoms with Crippen LogP contribution >= 0.6 is 0 Å². The van der Waals surface area contributed by atoms with Crippen molar-refractivity contribution in [3.05, 3.63) is 59.9 Å². The first kappa shape index (κ1) is 24.4. The fraction of sp³-hybridized carbons (Fsp3) is 0.263. The van der Waals surface area contributed by atoms with Crippen LogP contribution in [-0.4, -0.2) is 40.9 Å². The normalized spacial score (nSPS) is 12.9. The lowest BCUT2D eigenvalue weighted by atomic mass is 10.1. The van der Waals surface area contributed by atoms with Gasteiger partial charge in [-0.25, -0.2) is 21.2 Å². The lowest BCUT2D eigenvalue weighted by molar-refractivity contribution is -0.124. The van der Waals surface area contributed by atoms with Crippen molar-refractivity contribution in [3.63, 3.8) is 0 Å². The fourth-order valence-corrected chi connectivity index (χ4v) is 4.56. The minimum Gasteiger partial charge on any atom is -0.271 e. The van der Waals surface area contributed by atoms with Crippen molar-refractivity contribution in [2.75, 3.05) is 6.26 Å². The van der Waals surface area contributed by atoms with E-state index in [-0.39, 0.29) is 10.5 Å². The van der Waals surface area contributed by atoms with Crippen LogP contribution in [0, 0.1) is 11.7 Å². The third-order valence-corrected chi connectivity index (χ3v) is 6.80. The van der Waals surface area contributed by atoms with E-state index in [0.29, 0.717) is 0 Å². The summed E-state index contributed by atoms with van der Waals surface area (Å²) in [7, 11) is -7.77. The third kappa shape index (κ3) is 6.32. The first-order valence-corrected chi connectivity index (χ1v) is 12.4. The predicted octanol–water partition coefficient (Wildman–Crippen LogP) is 0.993. The zero-order chi connectivity index (χ0) is 23.4. The Kier molecular flexibility index (Phi) is 7.52. The van der Waals surface area contributed by atoms with E-state index in [1.807, 2.05) is 0 Å². The predicted molar refractivity (Wildman–Crippen MR) is 111 cm³/mol. The molecule has 2 aromatic carbocycles. The monoisotopic (exact) mass is 471 g/mol. The molecule has 0 spiro atoms. The number of hydrazine groups is 1. The number of halogens is 1. The van der Waals surface area contributed by atoms with Crippen molar-refractivity contribution in [3.8, 4) is 0 Å². The standard InChI is InChI=1S/C19H22FN3O6S2/c1-12(2)17(23-31(28,29)16-7-5-4-6-15(16)20)19(25)22-21-18(24)13-8-10-14(11-9-13)30(3,26)27/h4-12,17,23H,1-3H3,(H,21,24)(H,22,25)/t17-/m0/s1. The van der Waals surface area contributed by atoms with Crippen LogP contribution in [0.25, 0.3) is 0 Å². The molecule has 168 valence electrons. The first-order valence-electron chi connectivity index (χ1n) is 9.00. The van der Waals surface area contributed by atoms with Crippen molar-refractivity contribution in [1.82, 2.24) is 15.6 Å². The second-order valence-electron chi connectivity index (χ2n) is 7.01. The van der Waals surface area contributed by atoms with Crippen molar-refractivity contribution >= 4 is 31.7 Å². The van der Waals surface area contributed by atoms with Crippen LogP contribution in [0.1, 0.15) is 24.2 Å². The molecule has 2 amide bonds. The van der Waals surface area contributed by atoms with Crippen LogP contribution < -0.4 is 15.6 Å². The molecule has 0 bridgehead atoms. The zero-order valence-corrected chi connectivity index (χ0v) is 18.6. The molecule has 12 heteroatoms. The molecule has 0 aliphatic carbocycles. The molecule has 31 heavy (non-hydrogen) atoms. The van der Waals surface area contributed by atoms with Gasteiger partial charge >= 0.3 is 0 Å². The van der Waals surface area contributed by atoms with Crippen LogP contribution in [-0.2, 0) is 24.7 Å². The molecule has 0 heterocycles. The Morgan fingerprint density at radius 1 is 0.903 bits per heavy atom. The Balaban J connectivity index is 2.09. The van der Waals surface area contributed by atoms with E-state index in [1.54, 1.807) is 13.8 Å². The van der Waals surface area contributed by atoms with Gasteiger partial charge in [0.15, 0.2) is 9.84 Å². The molecule has 0 saturated carbocycles. The van der Waals surface area contributed by atoms with Crippen molar-refractivity contribution < 1.29 is 30.8 Å². The number of carbonyl (C=O) groups is 2. The number of carbonyl (C=O) groups excluding carboxylic acids is 2. The highest BCUT2D eigenvalue weighted by Gasteiger charge is 2.30. The molecule has 0 fully saturated rings. The summed E-state index contributed by atoms with van der Waals surface area (Å²) in [4.78, 5) is 24.1. The summed E-state index contributed by atoms with van der Waals surface area (Å²) in [6, 6.07) is 8.42. The Bertz CT molecular complexity index is 1180. The summed E-state index contributed by atoms with van der Waals surface area (Å²) in [5.41, 5.74) is 4.32. The minimum absolute atomic E-state index is 0.0236. The van der Waals surface area contributed by atoms with Crippen molar-refractivity contribution in [1.29, 1.82) is 0 Å². The maximum absolute atomic E-state index is 13.9. The van der Waals surface area contributed by atoms with Gasteiger partial charge in [0.2, 0.25) is 10.0 Å². The van der Waals surface area contributed by atoms with Gasteiger partial charge in [0.05, 0.1) is 4.90 Å². The number of amides is 2. The molecule has 0 radical (unpaired) electrons. The van der Waals surface area contributed by atoms with Gasteiger partial charge in [-0.1, -0.05) is 26.0 Å². The Labute approximate surface area is 180 Å². The molecule has 0 saturated heterocycles. The number of benzene rings is 2. The Hall–Kier alpha value is -2.83. The maximum atomic E-state index is 13.9. The smallest absolute Gasteiger partial charge is 0.269 e. The molecule has 0 unspecified atom stereocenters. The molecule has 0 aliphatic rings. The largest absolute Gasteiger partial charge is 0.271 e. The second-order valence-corrected chi connectivity index (χ2v) is 10.7. The molecule has 2 rings (SSSR count). The molecule has 9 nitrogen and oxygen atoms in total. The lowest BCUT2D eigenvalue weighted by Gasteiger charge is -2.22. The van der Waals surface area contributed by atoms with Gasteiger partial charge in [-0.3, -0.25) is 20.4 Å². The highest BCUT2D eigenvalue weighted by Crippen LogP contribution is 2.15. The van der Waals surface area contributed by atoms with Crippen LogP contribution in [0.2, 0.25) is 0 Å². The molecule has 3 N–H and O–H groups in total. The molecule has 1 atom stereocenters. The highest BCUT2D eigenvalue weighted by atomic mass is 32.2. The van der Waals surface area contributed by atoms with Crippen molar-refractivity contribution in [2.24, 2.45) is 5.92 Å². The molecule has 0 aliphatic heterocycles. The summed E-state index contributed by atoms with van der Waals surface area (Å²) in [5, 5.41) is 0. The van der Waals surface area contributed by atoms with Gasteiger partial charge in [0, 0.05) is 11.8 Å². The van der Waals surface area contributed by atoms with Gasteiger partial charge < -0.3 is 0 Å². The van der Waals surface area contributed by atoms with E-state index in [4.69, 9.17) is 0 Å². The van der Waals surface area contributed by atoms with Gasteiger partial charge in [-0.05, 0) is 42.3 Å². The lowest BCUT2D eigenvalue weighted by Crippen LogP contribution is -2.54. The quantitative estimate of drug-likeness (QED) is 0.515. The summed E-state index contributed by atoms with van der Waals surface area (Å²) in [5.74, 6) is -3.11. The molecule has 0 aromatic heterocycles. The average Bonchev–Trinajstić information content (AvgIpc) is 2.69. The SMILES string of the molecule is CC(C)[C@H](NS(=O)(=O)c1ccccc1F)C(=O)NNC(=O)c1ccc(S(C)(=O)=O)cc1. The summed E-state index contributed by atoms with van der Waals surface area (Å²) in [6.07, 6.45) is 1.02. The van der Waals surface area contributed by atoms with Crippen LogP contribution in [0.4, 0.5) is 4.39 Å². The maximum Gasteiger partial charge on any atom is 0.269 e. The molecular formula is C19H22FN3O6S2. The zero-order valence-electron chi connectivity index (χ0n) is 16.9. The fourth-order valence-electron chi connectivity index (χ4n) is 2.51. The number of nitrogens with one attached hydrogen (secondary N) is 3. The van der Waals surface area contributed by atoms with Crippen LogP contribution in [0.5, 0.6) is 0 Å². The Morgan fingerprint density at radius 2 is 1.48 bits per heavy atom. The van der Waals surface area contributed by atoms with Crippen LogP contribution in [0.15, 0.2) is 58.3 Å². The van der Waals surface area contributed by atoms with Gasteiger partial charge in [0.25, 0.3) is 11.8 Å². The number of sulfonamides is 1. The number of rotatable bonds is 7. The highest BCUT2D eigenvalue weighted by molar-refractivity contribution is 7.90. The summed E-state index contributed by atoms with van der Waals surface area (Å²) in [6.45, 7) is 3.14. The second kappa shape index (κ2) is 9.54. The van der Waals surface area contributed by atoms with E-state index in [1.165, 1.54) is 36.4 Å². The average molecular weight is 472 g/mol. The van der Waals surface area contributed by atoms with E-state index in [0.717, 1.165) is 18.4 Å².